The number of hydrogen-bond acceptors (Lipinski definition) is 4. The van der Waals surface area contributed by atoms with Crippen LogP contribution in [0.5, 0.6) is 0 Å². The molecular weight excluding hydrogens is 306 g/mol. The van der Waals surface area contributed by atoms with Gasteiger partial charge in [0, 0.05) is 41.6 Å². The van der Waals surface area contributed by atoms with Gasteiger partial charge in [-0.3, -0.25) is 4.98 Å². The van der Waals surface area contributed by atoms with Gasteiger partial charge in [-0.1, -0.05) is 22.0 Å². The van der Waals surface area contributed by atoms with E-state index in [1.54, 1.807) is 12.4 Å². The monoisotopic (exact) mass is 321 g/mol. The summed E-state index contributed by atoms with van der Waals surface area (Å²) in [6, 6.07) is 9.61. The van der Waals surface area contributed by atoms with Crippen molar-refractivity contribution in [1.29, 1.82) is 0 Å². The lowest BCUT2D eigenvalue weighted by Crippen LogP contribution is -2.21. The van der Waals surface area contributed by atoms with Gasteiger partial charge in [0.25, 0.3) is 0 Å². The van der Waals surface area contributed by atoms with E-state index >= 15 is 0 Å². The van der Waals surface area contributed by atoms with Crippen molar-refractivity contribution in [3.05, 3.63) is 52.9 Å². The van der Waals surface area contributed by atoms with Crippen molar-refractivity contribution < 1.29 is 5.11 Å². The highest BCUT2D eigenvalue weighted by atomic mass is 79.9. The number of aliphatic hydroxyl groups excluding tert-OH is 1. The van der Waals surface area contributed by atoms with E-state index in [1.165, 1.54) is 0 Å². The third-order valence-electron chi connectivity index (χ3n) is 2.78. The number of aliphatic hydroxyl groups is 1. The minimum atomic E-state index is 0.121. The Bertz CT molecular complexity index is 507. The molecule has 0 saturated heterocycles. The van der Waals surface area contributed by atoms with E-state index < -0.39 is 0 Å². The average molecular weight is 322 g/mol. The van der Waals surface area contributed by atoms with Crippen LogP contribution in [0.15, 0.2) is 47.2 Å². The molecular formula is C14H16BrN3O. The van der Waals surface area contributed by atoms with E-state index in [-0.39, 0.29) is 12.5 Å². The van der Waals surface area contributed by atoms with E-state index in [0.717, 1.165) is 22.4 Å². The molecule has 2 rings (SSSR count). The molecule has 100 valence electrons. The minimum absolute atomic E-state index is 0.121. The van der Waals surface area contributed by atoms with Crippen LogP contribution < -0.4 is 5.32 Å². The first-order valence-electron chi connectivity index (χ1n) is 6.14. The van der Waals surface area contributed by atoms with Crippen LogP contribution in [0, 0.1) is 5.92 Å². The Kier molecular flexibility index (Phi) is 5.30. The number of anilines is 1. The predicted molar refractivity (Wildman–Crippen MR) is 78.9 cm³/mol. The summed E-state index contributed by atoms with van der Waals surface area (Å²) in [5.41, 5.74) is 0.991. The van der Waals surface area contributed by atoms with Crippen LogP contribution in [-0.2, 0) is 6.42 Å². The molecule has 0 aromatic carbocycles. The Labute approximate surface area is 121 Å². The van der Waals surface area contributed by atoms with Gasteiger partial charge in [-0.05, 0) is 30.7 Å². The molecule has 0 radical (unpaired) electrons. The summed E-state index contributed by atoms with van der Waals surface area (Å²) < 4.78 is 0.982. The molecule has 0 saturated carbocycles. The molecule has 0 aliphatic rings. The maximum absolute atomic E-state index is 9.42. The number of rotatable bonds is 6. The second kappa shape index (κ2) is 7.21. The zero-order valence-electron chi connectivity index (χ0n) is 10.5. The molecule has 4 nitrogen and oxygen atoms in total. The van der Waals surface area contributed by atoms with Crippen LogP contribution in [-0.4, -0.2) is 28.2 Å². The zero-order valence-corrected chi connectivity index (χ0v) is 12.0. The van der Waals surface area contributed by atoms with E-state index in [9.17, 15) is 5.11 Å². The van der Waals surface area contributed by atoms with Crippen molar-refractivity contribution in [1.82, 2.24) is 9.97 Å². The molecule has 0 aliphatic carbocycles. The molecule has 0 aliphatic heterocycles. The highest BCUT2D eigenvalue weighted by molar-refractivity contribution is 9.10. The predicted octanol–water partition coefficient (Wildman–Crippen LogP) is 2.50. The molecule has 1 atom stereocenters. The van der Waals surface area contributed by atoms with Crippen LogP contribution in [0.25, 0.3) is 0 Å². The summed E-state index contributed by atoms with van der Waals surface area (Å²) in [5, 5.41) is 12.7. The average Bonchev–Trinajstić information content (AvgIpc) is 2.44. The molecule has 5 heteroatoms. The SMILES string of the molecule is OC[C@H](CNc1cc(Br)ccn1)Cc1ccccn1. The van der Waals surface area contributed by atoms with Gasteiger partial charge < -0.3 is 10.4 Å². The minimum Gasteiger partial charge on any atom is -0.396 e. The second-order valence-electron chi connectivity index (χ2n) is 4.31. The fourth-order valence-electron chi connectivity index (χ4n) is 1.77. The van der Waals surface area contributed by atoms with Gasteiger partial charge in [-0.15, -0.1) is 0 Å². The molecule has 2 N–H and O–H groups in total. The number of aromatic nitrogens is 2. The van der Waals surface area contributed by atoms with Crippen LogP contribution >= 0.6 is 15.9 Å². The Balaban J connectivity index is 1.89. The Morgan fingerprint density at radius 1 is 1.21 bits per heavy atom. The lowest BCUT2D eigenvalue weighted by molar-refractivity contribution is 0.232. The van der Waals surface area contributed by atoms with Gasteiger partial charge in [-0.25, -0.2) is 4.98 Å². The molecule has 2 heterocycles. The summed E-state index contributed by atoms with van der Waals surface area (Å²) in [7, 11) is 0. The van der Waals surface area contributed by atoms with Crippen molar-refractivity contribution in [3.8, 4) is 0 Å². The second-order valence-corrected chi connectivity index (χ2v) is 5.23. The molecule has 0 bridgehead atoms. The van der Waals surface area contributed by atoms with Crippen molar-refractivity contribution in [3.63, 3.8) is 0 Å². The summed E-state index contributed by atoms with van der Waals surface area (Å²) in [5.74, 6) is 0.921. The smallest absolute Gasteiger partial charge is 0.127 e. The Morgan fingerprint density at radius 2 is 2.11 bits per heavy atom. The lowest BCUT2D eigenvalue weighted by Gasteiger charge is -2.15. The van der Waals surface area contributed by atoms with Gasteiger partial charge in [0.2, 0.25) is 0 Å². The molecule has 2 aromatic rings. The number of nitrogens with zero attached hydrogens (tertiary/aromatic N) is 2. The number of nitrogens with one attached hydrogen (secondary N) is 1. The van der Waals surface area contributed by atoms with Crippen LogP contribution in [0.3, 0.4) is 0 Å². The van der Waals surface area contributed by atoms with Crippen LogP contribution in [0.1, 0.15) is 5.69 Å². The van der Waals surface area contributed by atoms with Crippen LogP contribution in [0.4, 0.5) is 5.82 Å². The van der Waals surface area contributed by atoms with Crippen LogP contribution in [0.2, 0.25) is 0 Å². The largest absolute Gasteiger partial charge is 0.396 e. The highest BCUT2D eigenvalue weighted by Crippen LogP contribution is 2.14. The number of hydrogen-bond donors (Lipinski definition) is 2. The zero-order chi connectivity index (χ0) is 13.5. The molecule has 0 amide bonds. The summed E-state index contributed by atoms with van der Waals surface area (Å²) in [6.07, 6.45) is 4.25. The van der Waals surface area contributed by atoms with E-state index in [1.807, 2.05) is 30.3 Å². The quantitative estimate of drug-likeness (QED) is 0.858. The third kappa shape index (κ3) is 4.61. The molecule has 19 heavy (non-hydrogen) atoms. The molecule has 0 spiro atoms. The van der Waals surface area contributed by atoms with E-state index in [4.69, 9.17) is 0 Å². The maximum atomic E-state index is 9.42. The van der Waals surface area contributed by atoms with Gasteiger partial charge in [0.15, 0.2) is 0 Å². The summed E-state index contributed by atoms with van der Waals surface area (Å²) >= 11 is 3.40. The summed E-state index contributed by atoms with van der Waals surface area (Å²) in [4.78, 5) is 8.49. The summed E-state index contributed by atoms with van der Waals surface area (Å²) in [6.45, 7) is 0.786. The first-order chi connectivity index (χ1) is 9.28. The third-order valence-corrected chi connectivity index (χ3v) is 3.27. The maximum Gasteiger partial charge on any atom is 0.127 e. The van der Waals surface area contributed by atoms with Crippen molar-refractivity contribution in [2.45, 2.75) is 6.42 Å². The van der Waals surface area contributed by atoms with Gasteiger partial charge in [0.1, 0.15) is 5.82 Å². The highest BCUT2D eigenvalue weighted by Gasteiger charge is 2.09. The molecule has 0 unspecified atom stereocenters. The Hall–Kier alpha value is -1.46. The standard InChI is InChI=1S/C14H16BrN3O/c15-12-4-6-17-14(8-12)18-9-11(10-19)7-13-3-1-2-5-16-13/h1-6,8,11,19H,7,9-10H2,(H,17,18)/t11-/m0/s1. The fraction of sp³-hybridized carbons (Fsp3) is 0.286. The van der Waals surface area contributed by atoms with Gasteiger partial charge in [-0.2, -0.15) is 0 Å². The fourth-order valence-corrected chi connectivity index (χ4v) is 2.10. The van der Waals surface area contributed by atoms with Crippen molar-refractivity contribution in [2.24, 2.45) is 5.92 Å². The molecule has 2 aromatic heterocycles. The topological polar surface area (TPSA) is 58.0 Å². The lowest BCUT2D eigenvalue weighted by atomic mass is 10.0. The first kappa shape index (κ1) is 14.0. The Morgan fingerprint density at radius 3 is 2.79 bits per heavy atom. The molecule has 0 fully saturated rings. The normalized spacial score (nSPS) is 12.1. The van der Waals surface area contributed by atoms with E-state index in [0.29, 0.717) is 6.54 Å². The van der Waals surface area contributed by atoms with Gasteiger partial charge in [0.05, 0.1) is 0 Å². The van der Waals surface area contributed by atoms with E-state index in [2.05, 4.69) is 31.2 Å². The number of pyridine rings is 2. The van der Waals surface area contributed by atoms with Crippen molar-refractivity contribution >= 4 is 21.7 Å². The first-order valence-corrected chi connectivity index (χ1v) is 6.93. The van der Waals surface area contributed by atoms with Gasteiger partial charge >= 0.3 is 0 Å². The van der Waals surface area contributed by atoms with Crippen molar-refractivity contribution in [2.75, 3.05) is 18.5 Å². The number of halogens is 1.